The number of benzene rings is 1. The monoisotopic (exact) mass is 450 g/mol. The number of amides is 2. The molecule has 0 aliphatic carbocycles. The number of hydrogen-bond acceptors (Lipinski definition) is 8. The van der Waals surface area contributed by atoms with Crippen molar-refractivity contribution < 1.29 is 14.0 Å². The van der Waals surface area contributed by atoms with Crippen molar-refractivity contribution >= 4 is 29.2 Å². The van der Waals surface area contributed by atoms with Crippen molar-refractivity contribution in [1.29, 1.82) is 5.26 Å². The van der Waals surface area contributed by atoms with Crippen molar-refractivity contribution in [2.75, 3.05) is 18.8 Å². The van der Waals surface area contributed by atoms with E-state index in [2.05, 4.69) is 21.4 Å². The molecule has 0 saturated carbocycles. The van der Waals surface area contributed by atoms with Crippen molar-refractivity contribution in [3.63, 3.8) is 0 Å². The van der Waals surface area contributed by atoms with Gasteiger partial charge in [0.1, 0.15) is 5.01 Å². The van der Waals surface area contributed by atoms with Gasteiger partial charge in [-0.2, -0.15) is 10.2 Å². The number of likely N-dealkylation sites (tertiary alicyclic amines) is 1. The second-order valence-electron chi connectivity index (χ2n) is 7.59. The first-order valence-corrected chi connectivity index (χ1v) is 11.1. The summed E-state index contributed by atoms with van der Waals surface area (Å²) in [5.74, 6) is -0.574. The van der Waals surface area contributed by atoms with Crippen LogP contribution in [0.15, 0.2) is 34.1 Å². The lowest BCUT2D eigenvalue weighted by Crippen LogP contribution is -2.45. The number of nitrogens with two attached hydrogens (primary N) is 1. The lowest BCUT2D eigenvalue weighted by atomic mass is 9.97. The van der Waals surface area contributed by atoms with Crippen molar-refractivity contribution in [3.05, 3.63) is 51.7 Å². The Labute approximate surface area is 188 Å². The van der Waals surface area contributed by atoms with Gasteiger partial charge < -0.3 is 20.4 Å². The minimum Gasteiger partial charge on any atom is -0.418 e. The first-order chi connectivity index (χ1) is 15.4. The van der Waals surface area contributed by atoms with E-state index in [1.165, 1.54) is 11.3 Å². The van der Waals surface area contributed by atoms with E-state index in [1.54, 1.807) is 24.0 Å². The van der Waals surface area contributed by atoms with Gasteiger partial charge in [-0.05, 0) is 31.9 Å². The third-order valence-corrected chi connectivity index (χ3v) is 6.21. The molecule has 2 amide bonds. The summed E-state index contributed by atoms with van der Waals surface area (Å²) in [6.07, 6.45) is 1.44. The molecule has 3 N–H and O–H groups in total. The Bertz CT molecular complexity index is 1180. The molecule has 32 heavy (non-hydrogen) atoms. The Balaban J connectivity index is 1.34. The van der Waals surface area contributed by atoms with Gasteiger partial charge in [-0.1, -0.05) is 12.1 Å². The van der Waals surface area contributed by atoms with Gasteiger partial charge in [-0.15, -0.1) is 11.3 Å². The summed E-state index contributed by atoms with van der Waals surface area (Å²) in [5, 5.41) is 14.6. The van der Waals surface area contributed by atoms with Crippen molar-refractivity contribution in [3.8, 4) is 17.3 Å². The normalized spacial score (nSPS) is 15.9. The highest BCUT2D eigenvalue weighted by Gasteiger charge is 2.31. The number of nitriles is 1. The number of aryl methyl sites for hydroxylation is 1. The number of piperidine rings is 1. The Morgan fingerprint density at radius 3 is 2.81 bits per heavy atom. The number of nitrogen functional groups attached to an aromatic ring is 1. The van der Waals surface area contributed by atoms with E-state index in [0.29, 0.717) is 37.3 Å². The van der Waals surface area contributed by atoms with Gasteiger partial charge in [0, 0.05) is 24.0 Å². The molecule has 4 rings (SSSR count). The highest BCUT2D eigenvalue weighted by molar-refractivity contribution is 7.09. The SMILES string of the molecule is Cc1nc(N)oc1C(=O)N1CCC[C@H](C(=O)NCc2nc(-c3ccc(C#N)cc3)cs2)C1. The molecule has 3 aromatic rings. The molecule has 0 spiro atoms. The lowest BCUT2D eigenvalue weighted by Gasteiger charge is -2.31. The van der Waals surface area contributed by atoms with Gasteiger partial charge in [0.2, 0.25) is 11.7 Å². The maximum Gasteiger partial charge on any atom is 0.292 e. The summed E-state index contributed by atoms with van der Waals surface area (Å²) in [6, 6.07) is 9.26. The van der Waals surface area contributed by atoms with E-state index >= 15 is 0 Å². The van der Waals surface area contributed by atoms with Crippen LogP contribution < -0.4 is 11.1 Å². The molecule has 1 fully saturated rings. The molecular formula is C22H22N6O3S. The number of nitrogens with zero attached hydrogens (tertiary/aromatic N) is 4. The van der Waals surface area contributed by atoms with Gasteiger partial charge in [0.25, 0.3) is 11.9 Å². The molecule has 1 saturated heterocycles. The second-order valence-corrected chi connectivity index (χ2v) is 8.53. The second kappa shape index (κ2) is 9.20. The zero-order valence-corrected chi connectivity index (χ0v) is 18.3. The topological polar surface area (TPSA) is 138 Å². The van der Waals surface area contributed by atoms with Crippen LogP contribution in [-0.4, -0.2) is 39.8 Å². The summed E-state index contributed by atoms with van der Waals surface area (Å²) < 4.78 is 5.23. The molecule has 1 aliphatic heterocycles. The van der Waals surface area contributed by atoms with Crippen LogP contribution in [0.2, 0.25) is 0 Å². The number of carbonyl (C=O) groups excluding carboxylic acids is 2. The highest BCUT2D eigenvalue weighted by Crippen LogP contribution is 2.24. The summed E-state index contributed by atoms with van der Waals surface area (Å²) in [6.45, 7) is 2.87. The molecule has 3 heterocycles. The van der Waals surface area contributed by atoms with Crippen molar-refractivity contribution in [2.24, 2.45) is 5.92 Å². The standard InChI is InChI=1S/C22H22N6O3S/c1-13-19(31-22(24)26-13)21(30)28-8-2-3-16(11-28)20(29)25-10-18-27-17(12-32-18)15-6-4-14(9-23)5-7-15/h4-7,12,16H,2-3,8,10-11H2,1H3,(H2,24,26)(H,25,29)/t16-/m0/s1. The van der Waals surface area contributed by atoms with Crippen molar-refractivity contribution in [1.82, 2.24) is 20.2 Å². The molecule has 9 nitrogen and oxygen atoms in total. The Hall–Kier alpha value is -3.71. The summed E-state index contributed by atoms with van der Waals surface area (Å²) in [7, 11) is 0. The van der Waals surface area contributed by atoms with Crippen LogP contribution in [0.5, 0.6) is 0 Å². The maximum atomic E-state index is 12.7. The molecule has 0 unspecified atom stereocenters. The number of hydrogen-bond donors (Lipinski definition) is 2. The number of oxazole rings is 1. The third kappa shape index (κ3) is 4.63. The first kappa shape index (κ1) is 21.5. The van der Waals surface area contributed by atoms with Crippen LogP contribution in [0.1, 0.15) is 39.7 Å². The highest BCUT2D eigenvalue weighted by atomic mass is 32.1. The van der Waals surface area contributed by atoms with Gasteiger partial charge >= 0.3 is 0 Å². The van der Waals surface area contributed by atoms with Crippen LogP contribution >= 0.6 is 11.3 Å². The molecule has 1 aromatic carbocycles. The Morgan fingerprint density at radius 2 is 2.12 bits per heavy atom. The van der Waals surface area contributed by atoms with Gasteiger partial charge in [0.15, 0.2) is 0 Å². The minimum atomic E-state index is -0.300. The number of thiazole rings is 1. The molecule has 0 bridgehead atoms. The average Bonchev–Trinajstić information content (AvgIpc) is 3.43. The van der Waals surface area contributed by atoms with Crippen LogP contribution in [0, 0.1) is 24.2 Å². The Morgan fingerprint density at radius 1 is 1.34 bits per heavy atom. The quantitative estimate of drug-likeness (QED) is 0.609. The van der Waals surface area contributed by atoms with Crippen LogP contribution in [0.25, 0.3) is 11.3 Å². The summed E-state index contributed by atoms with van der Waals surface area (Å²) >= 11 is 1.46. The maximum absolute atomic E-state index is 12.7. The number of aromatic nitrogens is 2. The predicted molar refractivity (Wildman–Crippen MR) is 118 cm³/mol. The molecule has 164 valence electrons. The van der Waals surface area contributed by atoms with E-state index in [1.807, 2.05) is 17.5 Å². The number of anilines is 1. The fourth-order valence-electron chi connectivity index (χ4n) is 3.68. The number of rotatable bonds is 5. The molecule has 0 radical (unpaired) electrons. The van der Waals surface area contributed by atoms with Crippen molar-refractivity contribution in [2.45, 2.75) is 26.3 Å². The van der Waals surface area contributed by atoms with Gasteiger partial charge in [0.05, 0.1) is 35.5 Å². The van der Waals surface area contributed by atoms with E-state index in [4.69, 9.17) is 15.4 Å². The van der Waals surface area contributed by atoms with E-state index in [-0.39, 0.29) is 29.5 Å². The summed E-state index contributed by atoms with van der Waals surface area (Å²) in [5.41, 5.74) is 8.30. The molecule has 10 heteroatoms. The van der Waals surface area contributed by atoms with Crippen LogP contribution in [-0.2, 0) is 11.3 Å². The fourth-order valence-corrected chi connectivity index (χ4v) is 4.43. The number of carbonyl (C=O) groups is 2. The smallest absolute Gasteiger partial charge is 0.292 e. The first-order valence-electron chi connectivity index (χ1n) is 10.2. The van der Waals surface area contributed by atoms with E-state index in [0.717, 1.165) is 22.7 Å². The largest absolute Gasteiger partial charge is 0.418 e. The molecular weight excluding hydrogens is 428 g/mol. The molecule has 2 aromatic heterocycles. The summed E-state index contributed by atoms with van der Waals surface area (Å²) in [4.78, 5) is 35.6. The predicted octanol–water partition coefficient (Wildman–Crippen LogP) is 2.73. The average molecular weight is 451 g/mol. The zero-order valence-electron chi connectivity index (χ0n) is 17.5. The van der Waals surface area contributed by atoms with E-state index < -0.39 is 0 Å². The van der Waals surface area contributed by atoms with E-state index in [9.17, 15) is 9.59 Å². The third-order valence-electron chi connectivity index (χ3n) is 5.36. The molecule has 1 atom stereocenters. The van der Waals surface area contributed by atoms with Gasteiger partial charge in [-0.3, -0.25) is 9.59 Å². The fraction of sp³-hybridized carbons (Fsp3) is 0.318. The number of nitrogens with one attached hydrogen (secondary N) is 1. The minimum absolute atomic E-state index is 0.0408. The van der Waals surface area contributed by atoms with Crippen LogP contribution in [0.4, 0.5) is 6.01 Å². The van der Waals surface area contributed by atoms with Crippen LogP contribution in [0.3, 0.4) is 0 Å². The van der Waals surface area contributed by atoms with Gasteiger partial charge in [-0.25, -0.2) is 4.98 Å². The zero-order chi connectivity index (χ0) is 22.7. The molecule has 1 aliphatic rings. The lowest BCUT2D eigenvalue weighted by molar-refractivity contribution is -0.126. The Kier molecular flexibility index (Phi) is 6.18.